The number of pyridine rings is 1. The molecule has 2 aromatic rings. The number of carboxylic acids is 1. The number of aromatic nitrogens is 1. The highest BCUT2D eigenvalue weighted by Gasteiger charge is 2.37. The van der Waals surface area contributed by atoms with E-state index in [0.29, 0.717) is 0 Å². The van der Waals surface area contributed by atoms with E-state index in [0.717, 1.165) is 16.8 Å². The number of rotatable bonds is 4. The minimum Gasteiger partial charge on any atom is -0.477 e. The molecule has 0 spiro atoms. The number of halogens is 3. The Morgan fingerprint density at radius 2 is 2.12 bits per heavy atom. The van der Waals surface area contributed by atoms with E-state index in [2.05, 4.69) is 0 Å². The van der Waals surface area contributed by atoms with Gasteiger partial charge in [-0.3, -0.25) is 4.79 Å². The van der Waals surface area contributed by atoms with Crippen molar-refractivity contribution in [1.29, 1.82) is 0 Å². The lowest BCUT2D eigenvalue weighted by Crippen LogP contribution is -2.63. The predicted molar refractivity (Wildman–Crippen MR) is 85.8 cm³/mol. The highest BCUT2D eigenvalue weighted by atomic mass is 19.1. The van der Waals surface area contributed by atoms with Gasteiger partial charge in [-0.1, -0.05) is 0 Å². The maximum atomic E-state index is 15.0. The molecule has 0 saturated carbocycles. The summed E-state index contributed by atoms with van der Waals surface area (Å²) in [6, 6.07) is 0.256. The van der Waals surface area contributed by atoms with Crippen LogP contribution in [0.4, 0.5) is 18.9 Å². The quantitative estimate of drug-likeness (QED) is 0.867. The Balaban J connectivity index is 2.34. The summed E-state index contributed by atoms with van der Waals surface area (Å²) in [5.41, 5.74) is 3.40. The number of anilines is 1. The molecule has 2 atom stereocenters. The van der Waals surface area contributed by atoms with Crippen molar-refractivity contribution in [2.24, 2.45) is 5.73 Å². The summed E-state index contributed by atoms with van der Waals surface area (Å²) >= 11 is 0. The molecular weight excluding hydrogens is 339 g/mol. The van der Waals surface area contributed by atoms with Gasteiger partial charge in [0.25, 0.3) is 0 Å². The molecule has 0 aliphatic carbocycles. The molecule has 3 rings (SSSR count). The molecule has 2 heterocycles. The number of nitrogens with two attached hydrogens (primary N) is 1. The van der Waals surface area contributed by atoms with E-state index in [-0.39, 0.29) is 36.4 Å². The largest absolute Gasteiger partial charge is 0.477 e. The first-order valence-electron chi connectivity index (χ1n) is 7.64. The number of nitrogens with zero attached hydrogens (tertiary/aromatic N) is 2. The highest BCUT2D eigenvalue weighted by Crippen LogP contribution is 2.34. The average molecular weight is 355 g/mol. The van der Waals surface area contributed by atoms with Gasteiger partial charge in [-0.05, 0) is 13.0 Å². The third-order valence-corrected chi connectivity index (χ3v) is 4.59. The normalized spacial score (nSPS) is 20.0. The zero-order chi connectivity index (χ0) is 18.5. The fourth-order valence-electron chi connectivity index (χ4n) is 3.09. The second-order valence-corrected chi connectivity index (χ2v) is 6.03. The van der Waals surface area contributed by atoms with Crippen LogP contribution in [0.25, 0.3) is 10.9 Å². The minimum atomic E-state index is -1.55. The molecule has 0 amide bonds. The van der Waals surface area contributed by atoms with E-state index in [1.807, 2.05) is 0 Å². The van der Waals surface area contributed by atoms with Gasteiger partial charge >= 0.3 is 5.97 Å². The number of carbonyl (C=O) groups is 1. The summed E-state index contributed by atoms with van der Waals surface area (Å²) in [7, 11) is 0. The standard InChI is InChI=1S/C16H16F3N3O3/c1-7-11(20)6-22(7)14-10(18)4-8-13(12(14)19)21(3-2-17)5-9(15(8)23)16(24)25/h4-5,7,11H,2-3,6,20H2,1H3,(H,24,25)/t7-,11+/m0/s1. The monoisotopic (exact) mass is 355 g/mol. The first-order chi connectivity index (χ1) is 11.8. The first-order valence-corrected chi connectivity index (χ1v) is 7.64. The van der Waals surface area contributed by atoms with Crippen LogP contribution in [-0.4, -0.2) is 40.9 Å². The predicted octanol–water partition coefficient (Wildman–Crippen LogP) is 1.48. The topological polar surface area (TPSA) is 88.6 Å². The molecule has 1 aliphatic heterocycles. The molecule has 0 radical (unpaired) electrons. The molecule has 134 valence electrons. The third kappa shape index (κ3) is 2.55. The summed E-state index contributed by atoms with van der Waals surface area (Å²) < 4.78 is 43.4. The Bertz CT molecular complexity index is 928. The first kappa shape index (κ1) is 17.3. The third-order valence-electron chi connectivity index (χ3n) is 4.59. The smallest absolute Gasteiger partial charge is 0.341 e. The molecule has 1 aliphatic rings. The van der Waals surface area contributed by atoms with Crippen molar-refractivity contribution >= 4 is 22.6 Å². The maximum absolute atomic E-state index is 15.0. The lowest BCUT2D eigenvalue weighted by Gasteiger charge is -2.46. The number of aromatic carboxylic acids is 1. The van der Waals surface area contributed by atoms with Gasteiger partial charge in [0.15, 0.2) is 5.82 Å². The van der Waals surface area contributed by atoms with Crippen molar-refractivity contribution in [2.45, 2.75) is 25.6 Å². The number of alkyl halides is 1. The summed E-state index contributed by atoms with van der Waals surface area (Å²) in [4.78, 5) is 24.9. The minimum absolute atomic E-state index is 0.237. The number of aryl methyl sites for hydroxylation is 1. The zero-order valence-electron chi connectivity index (χ0n) is 13.3. The van der Waals surface area contributed by atoms with Crippen molar-refractivity contribution in [3.05, 3.63) is 39.7 Å². The molecule has 25 heavy (non-hydrogen) atoms. The molecule has 1 saturated heterocycles. The van der Waals surface area contributed by atoms with Crippen LogP contribution in [-0.2, 0) is 6.54 Å². The molecule has 1 aromatic carbocycles. The van der Waals surface area contributed by atoms with Gasteiger partial charge < -0.3 is 20.3 Å². The van der Waals surface area contributed by atoms with E-state index in [1.54, 1.807) is 6.92 Å². The fourth-order valence-corrected chi connectivity index (χ4v) is 3.09. The van der Waals surface area contributed by atoms with Crippen LogP contribution >= 0.6 is 0 Å². The summed E-state index contributed by atoms with van der Waals surface area (Å²) in [5.74, 6) is -3.57. The van der Waals surface area contributed by atoms with Crippen LogP contribution in [0.15, 0.2) is 17.1 Å². The van der Waals surface area contributed by atoms with Crippen LogP contribution in [0.2, 0.25) is 0 Å². The summed E-state index contributed by atoms with van der Waals surface area (Å²) in [6.45, 7) is 0.669. The molecule has 3 N–H and O–H groups in total. The van der Waals surface area contributed by atoms with Gasteiger partial charge in [0, 0.05) is 24.8 Å². The van der Waals surface area contributed by atoms with E-state index in [9.17, 15) is 18.4 Å². The van der Waals surface area contributed by atoms with Crippen molar-refractivity contribution < 1.29 is 23.1 Å². The fraction of sp³-hybridized carbons (Fsp3) is 0.375. The molecular formula is C16H16F3N3O3. The molecule has 9 heteroatoms. The Labute approximate surface area is 140 Å². The van der Waals surface area contributed by atoms with Gasteiger partial charge in [0.05, 0.1) is 17.4 Å². The molecule has 0 bridgehead atoms. The van der Waals surface area contributed by atoms with E-state index >= 15 is 4.39 Å². The van der Waals surface area contributed by atoms with E-state index in [4.69, 9.17) is 10.8 Å². The van der Waals surface area contributed by atoms with Crippen molar-refractivity contribution in [3.8, 4) is 0 Å². The summed E-state index contributed by atoms with van der Waals surface area (Å²) in [5, 5.41) is 8.65. The number of fused-ring (bicyclic) bond motifs is 1. The molecule has 1 fully saturated rings. The van der Waals surface area contributed by atoms with Gasteiger partial charge in [0.1, 0.15) is 23.7 Å². The van der Waals surface area contributed by atoms with Crippen molar-refractivity contribution in [2.75, 3.05) is 18.1 Å². The van der Waals surface area contributed by atoms with Crippen LogP contribution in [0.1, 0.15) is 17.3 Å². The lowest BCUT2D eigenvalue weighted by atomic mass is 9.97. The van der Waals surface area contributed by atoms with Crippen LogP contribution < -0.4 is 16.1 Å². The van der Waals surface area contributed by atoms with E-state index in [1.165, 1.54) is 4.90 Å². The Morgan fingerprint density at radius 3 is 2.64 bits per heavy atom. The highest BCUT2D eigenvalue weighted by molar-refractivity contribution is 5.94. The number of hydrogen-bond donors (Lipinski definition) is 2. The number of hydrogen-bond acceptors (Lipinski definition) is 4. The SMILES string of the molecule is C[C@H]1[C@H](N)CN1c1c(F)cc2c(=O)c(C(=O)O)cn(CCF)c2c1F. The number of carboxylic acid groups (broad SMARTS) is 1. The zero-order valence-corrected chi connectivity index (χ0v) is 13.3. The molecule has 6 nitrogen and oxygen atoms in total. The summed E-state index contributed by atoms with van der Waals surface area (Å²) in [6.07, 6.45) is 0.878. The van der Waals surface area contributed by atoms with Gasteiger partial charge in [0.2, 0.25) is 5.43 Å². The van der Waals surface area contributed by atoms with Gasteiger partial charge in [-0.15, -0.1) is 0 Å². The Morgan fingerprint density at radius 1 is 1.44 bits per heavy atom. The molecule has 1 aromatic heterocycles. The van der Waals surface area contributed by atoms with Crippen LogP contribution in [0.5, 0.6) is 0 Å². The lowest BCUT2D eigenvalue weighted by molar-refractivity contribution is 0.0694. The maximum Gasteiger partial charge on any atom is 0.341 e. The Kier molecular flexibility index (Phi) is 4.19. The van der Waals surface area contributed by atoms with Crippen molar-refractivity contribution in [3.63, 3.8) is 0 Å². The molecule has 0 unspecified atom stereocenters. The van der Waals surface area contributed by atoms with Gasteiger partial charge in [-0.25, -0.2) is 18.0 Å². The van der Waals surface area contributed by atoms with Crippen LogP contribution in [0, 0.1) is 11.6 Å². The van der Waals surface area contributed by atoms with E-state index < -0.39 is 40.7 Å². The Hall–Kier alpha value is -2.55. The second kappa shape index (κ2) is 6.07. The van der Waals surface area contributed by atoms with Crippen LogP contribution in [0.3, 0.4) is 0 Å². The van der Waals surface area contributed by atoms with Crippen molar-refractivity contribution in [1.82, 2.24) is 4.57 Å². The number of benzene rings is 1. The second-order valence-electron chi connectivity index (χ2n) is 6.03. The van der Waals surface area contributed by atoms with Gasteiger partial charge in [-0.2, -0.15) is 0 Å². The average Bonchev–Trinajstić information content (AvgIpc) is 2.56.